The second kappa shape index (κ2) is 14.3. The molecule has 0 aromatic carbocycles. The van der Waals surface area contributed by atoms with Crippen molar-refractivity contribution in [3.8, 4) is 0 Å². The summed E-state index contributed by atoms with van der Waals surface area (Å²) in [4.78, 5) is 38.3. The van der Waals surface area contributed by atoms with Gasteiger partial charge in [0.05, 0.1) is 0 Å². The molecule has 0 aromatic heterocycles. The first-order valence-electron chi connectivity index (χ1n) is 2.76. The second-order valence-electron chi connectivity index (χ2n) is 1.37. The number of carbonyl (C=O) groups is 1. The standard InChI is InChI=1S/C3H7NO.2H3O3P/c1-3(5)4-2;2*1-4(2)3/h1-2H3,(H,4,5);2*4H,(H2,1,2,3). The molecule has 0 unspecified atom stereocenters. The minimum Gasteiger partial charge on any atom is -0.359 e. The fourth-order valence-electron chi connectivity index (χ4n) is 0. The maximum Gasteiger partial charge on any atom is 0.314 e. The third kappa shape index (κ3) is 359. The average molecular weight is 237 g/mol. The summed E-state index contributed by atoms with van der Waals surface area (Å²) in [6.45, 7) is 1.47. The Morgan fingerprint density at radius 2 is 1.15 bits per heavy atom. The molecule has 0 bridgehead atoms. The zero-order valence-electron chi connectivity index (χ0n) is 7.01. The van der Waals surface area contributed by atoms with Crippen molar-refractivity contribution in [1.82, 2.24) is 5.32 Å². The lowest BCUT2D eigenvalue weighted by molar-refractivity contribution is -0.118. The average Bonchev–Trinajstić information content (AvgIpc) is 1.84. The molecule has 0 aliphatic heterocycles. The van der Waals surface area contributed by atoms with Gasteiger partial charge in [-0.1, -0.05) is 0 Å². The number of rotatable bonds is 0. The van der Waals surface area contributed by atoms with Gasteiger partial charge in [0.25, 0.3) is 0 Å². The van der Waals surface area contributed by atoms with E-state index in [4.69, 9.17) is 28.7 Å². The first kappa shape index (κ1) is 18.5. The molecule has 8 nitrogen and oxygen atoms in total. The van der Waals surface area contributed by atoms with Gasteiger partial charge < -0.3 is 24.9 Å². The Balaban J connectivity index is -0.000000117. The second-order valence-corrected chi connectivity index (χ2v) is 2.50. The number of hydrogen-bond donors (Lipinski definition) is 5. The van der Waals surface area contributed by atoms with Crippen molar-refractivity contribution in [3.05, 3.63) is 0 Å². The minimum absolute atomic E-state index is 0.00463. The lowest BCUT2D eigenvalue weighted by Gasteiger charge is -1.80. The van der Waals surface area contributed by atoms with E-state index in [-0.39, 0.29) is 5.91 Å². The van der Waals surface area contributed by atoms with Gasteiger partial charge in [-0.2, -0.15) is 0 Å². The van der Waals surface area contributed by atoms with Crippen LogP contribution in [0.1, 0.15) is 6.92 Å². The Morgan fingerprint density at radius 1 is 1.08 bits per heavy atom. The van der Waals surface area contributed by atoms with E-state index in [1.165, 1.54) is 6.92 Å². The number of nitrogens with one attached hydrogen (secondary N) is 1. The summed E-state index contributed by atoms with van der Waals surface area (Å²) in [5.74, 6) is 0.00463. The largest absolute Gasteiger partial charge is 0.359 e. The highest BCUT2D eigenvalue weighted by atomic mass is 31.1. The van der Waals surface area contributed by atoms with Crippen LogP contribution in [0.3, 0.4) is 0 Å². The van der Waals surface area contributed by atoms with E-state index in [2.05, 4.69) is 5.32 Å². The van der Waals surface area contributed by atoms with E-state index in [9.17, 15) is 4.79 Å². The van der Waals surface area contributed by atoms with Crippen LogP contribution in [0.4, 0.5) is 0 Å². The van der Waals surface area contributed by atoms with Crippen LogP contribution < -0.4 is 5.32 Å². The van der Waals surface area contributed by atoms with E-state index < -0.39 is 16.5 Å². The highest BCUT2D eigenvalue weighted by Gasteiger charge is 1.72. The van der Waals surface area contributed by atoms with Crippen molar-refractivity contribution in [1.29, 1.82) is 0 Å². The predicted octanol–water partition coefficient (Wildman–Crippen LogP) is -1.53. The molecule has 0 rings (SSSR count). The Hall–Kier alpha value is -0.230. The van der Waals surface area contributed by atoms with Crippen molar-refractivity contribution in [2.75, 3.05) is 7.05 Å². The van der Waals surface area contributed by atoms with E-state index in [1.807, 2.05) is 0 Å². The molecule has 1 amide bonds. The number of amides is 1. The highest BCUT2D eigenvalue weighted by molar-refractivity contribution is 7.31. The Labute approximate surface area is 76.1 Å². The Kier molecular flexibility index (Phi) is 20.4. The zero-order chi connectivity index (χ0) is 11.4. The number of carbonyl (C=O) groups excluding carboxylic acids is 1. The van der Waals surface area contributed by atoms with Gasteiger partial charge >= 0.3 is 16.5 Å². The summed E-state index contributed by atoms with van der Waals surface area (Å²) >= 11 is 0. The normalized spacial score (nSPS) is 8.00. The van der Waals surface area contributed by atoms with Crippen LogP contribution in [0.5, 0.6) is 0 Å². The molecule has 0 atom stereocenters. The Bertz CT molecular complexity index is 151. The van der Waals surface area contributed by atoms with Crippen LogP contribution in [0.2, 0.25) is 0 Å². The molecule has 13 heavy (non-hydrogen) atoms. The first-order valence-corrected chi connectivity index (χ1v) is 5.36. The maximum absolute atomic E-state index is 9.70. The van der Waals surface area contributed by atoms with Crippen molar-refractivity contribution in [3.63, 3.8) is 0 Å². The van der Waals surface area contributed by atoms with Gasteiger partial charge in [-0.15, -0.1) is 0 Å². The van der Waals surface area contributed by atoms with Gasteiger partial charge in [0.1, 0.15) is 0 Å². The highest BCUT2D eigenvalue weighted by Crippen LogP contribution is 1.98. The lowest BCUT2D eigenvalue weighted by Crippen LogP contribution is -2.11. The quantitative estimate of drug-likeness (QED) is 0.321. The van der Waals surface area contributed by atoms with Gasteiger partial charge in [-0.3, -0.25) is 13.9 Å². The lowest BCUT2D eigenvalue weighted by atomic mass is 10.7. The van der Waals surface area contributed by atoms with Gasteiger partial charge in [-0.05, 0) is 0 Å². The topological polar surface area (TPSA) is 144 Å². The fourth-order valence-corrected chi connectivity index (χ4v) is 0. The van der Waals surface area contributed by atoms with Gasteiger partial charge in [0, 0.05) is 14.0 Å². The van der Waals surface area contributed by atoms with E-state index in [1.54, 1.807) is 7.05 Å². The molecule has 0 heterocycles. The molecule has 0 saturated heterocycles. The van der Waals surface area contributed by atoms with Crippen LogP contribution in [0.15, 0.2) is 0 Å². The molecule has 0 aliphatic carbocycles. The first-order chi connectivity index (χ1) is 5.73. The minimum atomic E-state index is -3.13. The summed E-state index contributed by atoms with van der Waals surface area (Å²) < 4.78 is 17.5. The monoisotopic (exact) mass is 237 g/mol. The molecule has 0 radical (unpaired) electrons. The van der Waals surface area contributed by atoms with Crippen LogP contribution in [-0.2, 0) is 13.9 Å². The maximum atomic E-state index is 9.70. The summed E-state index contributed by atoms with van der Waals surface area (Å²) in [6.07, 6.45) is 0. The van der Waals surface area contributed by atoms with Gasteiger partial charge in [0.2, 0.25) is 5.91 Å². The molecule has 0 saturated carbocycles. The summed E-state index contributed by atoms with van der Waals surface area (Å²) in [5, 5.41) is 2.39. The van der Waals surface area contributed by atoms with Crippen molar-refractivity contribution >= 4 is 22.4 Å². The summed E-state index contributed by atoms with van der Waals surface area (Å²) in [7, 11) is -4.66. The van der Waals surface area contributed by atoms with Gasteiger partial charge in [-0.25, -0.2) is 0 Å². The third-order valence-electron chi connectivity index (χ3n) is 0.352. The molecular weight excluding hydrogens is 224 g/mol. The fraction of sp³-hybridized carbons (Fsp3) is 0.667. The summed E-state index contributed by atoms with van der Waals surface area (Å²) in [6, 6.07) is 0. The molecule has 10 heteroatoms. The Morgan fingerprint density at radius 3 is 1.15 bits per heavy atom. The van der Waals surface area contributed by atoms with Crippen LogP contribution in [0, 0.1) is 0 Å². The van der Waals surface area contributed by atoms with Crippen LogP contribution in [0.25, 0.3) is 0 Å². The van der Waals surface area contributed by atoms with E-state index in [0.717, 1.165) is 0 Å². The molecule has 0 fully saturated rings. The molecule has 5 N–H and O–H groups in total. The van der Waals surface area contributed by atoms with E-state index >= 15 is 0 Å². The molecular formula is C3H13NO7P2. The third-order valence-corrected chi connectivity index (χ3v) is 0.352. The van der Waals surface area contributed by atoms with E-state index in [0.29, 0.717) is 0 Å². The van der Waals surface area contributed by atoms with Gasteiger partial charge in [0.15, 0.2) is 0 Å². The predicted molar refractivity (Wildman–Crippen MR) is 46.6 cm³/mol. The van der Waals surface area contributed by atoms with Crippen molar-refractivity contribution in [2.45, 2.75) is 6.92 Å². The summed E-state index contributed by atoms with van der Waals surface area (Å²) in [5.41, 5.74) is 0. The number of hydrogen-bond acceptors (Lipinski definition) is 3. The van der Waals surface area contributed by atoms with Crippen molar-refractivity contribution < 1.29 is 33.5 Å². The smallest absolute Gasteiger partial charge is 0.314 e. The SMILES string of the molecule is CNC(C)=O.O=[PH](O)O.O=[PH](O)O. The molecule has 0 spiro atoms. The van der Waals surface area contributed by atoms with Crippen LogP contribution in [-0.4, -0.2) is 32.5 Å². The zero-order valence-corrected chi connectivity index (χ0v) is 9.01. The van der Waals surface area contributed by atoms with Crippen LogP contribution >= 0.6 is 16.5 Å². The van der Waals surface area contributed by atoms with Crippen molar-refractivity contribution in [2.24, 2.45) is 0 Å². The molecule has 0 aliphatic rings. The molecule has 0 aromatic rings. The molecule has 82 valence electrons.